The highest BCUT2D eigenvalue weighted by Crippen LogP contribution is 2.21. The molecule has 0 heterocycles. The van der Waals surface area contributed by atoms with Crippen molar-refractivity contribution < 1.29 is 9.90 Å². The van der Waals surface area contributed by atoms with E-state index in [9.17, 15) is 9.90 Å². The van der Waals surface area contributed by atoms with E-state index in [-0.39, 0.29) is 17.7 Å². The Kier molecular flexibility index (Phi) is 4.82. The van der Waals surface area contributed by atoms with Gasteiger partial charge in [0.25, 0.3) is 5.91 Å². The molecule has 3 nitrogen and oxygen atoms in total. The standard InChI is InChI=1S/C13H18ClNO2/c1-8(2)6-9(3)15-13(17)11-7-10(16)4-5-12(11)14/h4-5,7-9,16H,6H2,1-3H3,(H,15,17). The number of hydrogen-bond donors (Lipinski definition) is 2. The molecule has 1 aromatic rings. The quantitative estimate of drug-likeness (QED) is 0.868. The molecule has 1 amide bonds. The fourth-order valence-electron chi connectivity index (χ4n) is 1.75. The Morgan fingerprint density at radius 2 is 2.06 bits per heavy atom. The van der Waals surface area contributed by atoms with Gasteiger partial charge in [0.05, 0.1) is 10.6 Å². The van der Waals surface area contributed by atoms with Crippen LogP contribution in [0.1, 0.15) is 37.6 Å². The first-order valence-electron chi connectivity index (χ1n) is 5.69. The number of benzene rings is 1. The molecule has 0 aliphatic heterocycles. The second-order valence-corrected chi connectivity index (χ2v) is 5.08. The molecular weight excluding hydrogens is 238 g/mol. The number of nitrogens with one attached hydrogen (secondary N) is 1. The van der Waals surface area contributed by atoms with E-state index in [1.54, 1.807) is 0 Å². The molecule has 1 unspecified atom stereocenters. The Morgan fingerprint density at radius 3 is 2.65 bits per heavy atom. The molecule has 2 N–H and O–H groups in total. The zero-order valence-electron chi connectivity index (χ0n) is 10.3. The lowest BCUT2D eigenvalue weighted by molar-refractivity contribution is 0.0936. The van der Waals surface area contributed by atoms with Crippen molar-refractivity contribution in [3.63, 3.8) is 0 Å². The van der Waals surface area contributed by atoms with Gasteiger partial charge in [-0.3, -0.25) is 4.79 Å². The van der Waals surface area contributed by atoms with Crippen LogP contribution in [0, 0.1) is 5.92 Å². The Bertz CT molecular complexity index is 404. The van der Waals surface area contributed by atoms with E-state index in [0.29, 0.717) is 16.5 Å². The minimum absolute atomic E-state index is 0.0380. The Hall–Kier alpha value is -1.22. The molecule has 1 rings (SSSR count). The van der Waals surface area contributed by atoms with Crippen molar-refractivity contribution in [2.24, 2.45) is 5.92 Å². The van der Waals surface area contributed by atoms with Crippen molar-refractivity contribution >= 4 is 17.5 Å². The van der Waals surface area contributed by atoms with Crippen molar-refractivity contribution in [1.82, 2.24) is 5.32 Å². The van der Waals surface area contributed by atoms with Gasteiger partial charge >= 0.3 is 0 Å². The first-order valence-corrected chi connectivity index (χ1v) is 6.07. The Labute approximate surface area is 107 Å². The summed E-state index contributed by atoms with van der Waals surface area (Å²) in [5.41, 5.74) is 0.308. The summed E-state index contributed by atoms with van der Waals surface area (Å²) in [6.07, 6.45) is 0.905. The molecule has 17 heavy (non-hydrogen) atoms. The van der Waals surface area contributed by atoms with Gasteiger partial charge in [-0.05, 0) is 37.5 Å². The molecule has 0 saturated heterocycles. The number of phenolic OH excluding ortho intramolecular Hbond substituents is 1. The van der Waals surface area contributed by atoms with Crippen molar-refractivity contribution in [3.8, 4) is 5.75 Å². The third kappa shape index (κ3) is 4.27. The van der Waals surface area contributed by atoms with E-state index in [0.717, 1.165) is 6.42 Å². The number of carbonyl (C=O) groups excluding carboxylic acids is 1. The first kappa shape index (κ1) is 13.8. The van der Waals surface area contributed by atoms with E-state index in [2.05, 4.69) is 19.2 Å². The predicted molar refractivity (Wildman–Crippen MR) is 69.5 cm³/mol. The SMILES string of the molecule is CC(C)CC(C)NC(=O)c1cc(O)ccc1Cl. The zero-order valence-corrected chi connectivity index (χ0v) is 11.1. The van der Waals surface area contributed by atoms with Gasteiger partial charge in [0.15, 0.2) is 0 Å². The van der Waals surface area contributed by atoms with Gasteiger partial charge in [0, 0.05) is 6.04 Å². The summed E-state index contributed by atoms with van der Waals surface area (Å²) in [6, 6.07) is 4.43. The third-order valence-corrected chi connectivity index (χ3v) is 2.73. The molecular formula is C13H18ClNO2. The summed E-state index contributed by atoms with van der Waals surface area (Å²) in [6.45, 7) is 6.16. The second-order valence-electron chi connectivity index (χ2n) is 4.67. The Balaban J connectivity index is 2.73. The second kappa shape index (κ2) is 5.92. The van der Waals surface area contributed by atoms with E-state index < -0.39 is 0 Å². The largest absolute Gasteiger partial charge is 0.508 e. The van der Waals surface area contributed by atoms with Gasteiger partial charge in [0.2, 0.25) is 0 Å². The fraction of sp³-hybridized carbons (Fsp3) is 0.462. The van der Waals surface area contributed by atoms with E-state index in [4.69, 9.17) is 11.6 Å². The highest BCUT2D eigenvalue weighted by Gasteiger charge is 2.14. The number of carbonyl (C=O) groups is 1. The topological polar surface area (TPSA) is 49.3 Å². The number of hydrogen-bond acceptors (Lipinski definition) is 2. The summed E-state index contributed by atoms with van der Waals surface area (Å²) < 4.78 is 0. The van der Waals surface area contributed by atoms with Crippen molar-refractivity contribution in [2.75, 3.05) is 0 Å². The van der Waals surface area contributed by atoms with Crippen LogP contribution in [0.4, 0.5) is 0 Å². The molecule has 94 valence electrons. The lowest BCUT2D eigenvalue weighted by atomic mass is 10.0. The van der Waals surface area contributed by atoms with Crippen LogP contribution in [0.5, 0.6) is 5.75 Å². The molecule has 0 fully saturated rings. The van der Waals surface area contributed by atoms with Crippen LogP contribution in [-0.2, 0) is 0 Å². The van der Waals surface area contributed by atoms with Crippen LogP contribution >= 0.6 is 11.6 Å². The highest BCUT2D eigenvalue weighted by atomic mass is 35.5. The number of phenols is 1. The average molecular weight is 256 g/mol. The maximum Gasteiger partial charge on any atom is 0.253 e. The van der Waals surface area contributed by atoms with Gasteiger partial charge < -0.3 is 10.4 Å². The van der Waals surface area contributed by atoms with Gasteiger partial charge in [0.1, 0.15) is 5.75 Å². The highest BCUT2D eigenvalue weighted by molar-refractivity contribution is 6.33. The minimum Gasteiger partial charge on any atom is -0.508 e. The van der Waals surface area contributed by atoms with E-state index >= 15 is 0 Å². The van der Waals surface area contributed by atoms with Crippen LogP contribution in [-0.4, -0.2) is 17.1 Å². The monoisotopic (exact) mass is 255 g/mol. The molecule has 0 radical (unpaired) electrons. The lowest BCUT2D eigenvalue weighted by Gasteiger charge is -2.16. The van der Waals surface area contributed by atoms with Gasteiger partial charge in [-0.25, -0.2) is 0 Å². The van der Waals surface area contributed by atoms with E-state index in [1.165, 1.54) is 18.2 Å². The third-order valence-electron chi connectivity index (χ3n) is 2.40. The molecule has 0 spiro atoms. The average Bonchev–Trinajstić information content (AvgIpc) is 2.20. The smallest absolute Gasteiger partial charge is 0.253 e. The normalized spacial score (nSPS) is 12.5. The fourth-order valence-corrected chi connectivity index (χ4v) is 1.96. The lowest BCUT2D eigenvalue weighted by Crippen LogP contribution is -2.33. The number of rotatable bonds is 4. The zero-order chi connectivity index (χ0) is 13.0. The molecule has 0 saturated carbocycles. The van der Waals surface area contributed by atoms with E-state index in [1.807, 2.05) is 6.92 Å². The van der Waals surface area contributed by atoms with Crippen molar-refractivity contribution in [2.45, 2.75) is 33.2 Å². The molecule has 1 atom stereocenters. The summed E-state index contributed by atoms with van der Waals surface area (Å²) in [4.78, 5) is 11.9. The van der Waals surface area contributed by atoms with Crippen molar-refractivity contribution in [3.05, 3.63) is 28.8 Å². The molecule has 0 aliphatic rings. The summed E-state index contributed by atoms with van der Waals surface area (Å²) in [5.74, 6) is 0.306. The summed E-state index contributed by atoms with van der Waals surface area (Å²) >= 11 is 5.91. The molecule has 0 bridgehead atoms. The number of aromatic hydroxyl groups is 1. The van der Waals surface area contributed by atoms with Crippen LogP contribution in [0.15, 0.2) is 18.2 Å². The number of amides is 1. The van der Waals surface area contributed by atoms with Crippen LogP contribution in [0.3, 0.4) is 0 Å². The van der Waals surface area contributed by atoms with Crippen LogP contribution in [0.25, 0.3) is 0 Å². The van der Waals surface area contributed by atoms with Gasteiger partial charge in [-0.15, -0.1) is 0 Å². The Morgan fingerprint density at radius 1 is 1.41 bits per heavy atom. The maximum atomic E-state index is 11.9. The minimum atomic E-state index is -0.251. The summed E-state index contributed by atoms with van der Waals surface area (Å²) in [7, 11) is 0. The van der Waals surface area contributed by atoms with Crippen LogP contribution in [0.2, 0.25) is 5.02 Å². The van der Waals surface area contributed by atoms with Gasteiger partial charge in [-0.1, -0.05) is 25.4 Å². The molecule has 4 heteroatoms. The molecule has 1 aromatic carbocycles. The maximum absolute atomic E-state index is 11.9. The molecule has 0 aromatic heterocycles. The van der Waals surface area contributed by atoms with Crippen molar-refractivity contribution in [1.29, 1.82) is 0 Å². The number of halogens is 1. The van der Waals surface area contributed by atoms with Crippen LogP contribution < -0.4 is 5.32 Å². The molecule has 0 aliphatic carbocycles. The van der Waals surface area contributed by atoms with Gasteiger partial charge in [-0.2, -0.15) is 0 Å². The first-order chi connectivity index (χ1) is 7.90. The predicted octanol–water partition coefficient (Wildman–Crippen LogP) is 3.21. The summed E-state index contributed by atoms with van der Waals surface area (Å²) in [5, 5.41) is 12.5.